The van der Waals surface area contributed by atoms with Gasteiger partial charge in [0.05, 0.1) is 11.0 Å². The fraction of sp³-hybridized carbons (Fsp3) is 0.250. The summed E-state index contributed by atoms with van der Waals surface area (Å²) in [4.78, 5) is 33.1. The molecule has 8 nitrogen and oxygen atoms in total. The van der Waals surface area contributed by atoms with Crippen molar-refractivity contribution < 1.29 is 14.3 Å². The molecule has 2 amide bonds. The summed E-state index contributed by atoms with van der Waals surface area (Å²) in [5, 5.41) is 0. The van der Waals surface area contributed by atoms with E-state index in [9.17, 15) is 9.59 Å². The van der Waals surface area contributed by atoms with Crippen molar-refractivity contribution in [3.8, 4) is 17.1 Å². The van der Waals surface area contributed by atoms with Gasteiger partial charge in [-0.1, -0.05) is 0 Å². The van der Waals surface area contributed by atoms with E-state index in [2.05, 4.69) is 15.4 Å². The molecule has 0 bridgehead atoms. The van der Waals surface area contributed by atoms with Gasteiger partial charge in [-0.15, -0.1) is 0 Å². The van der Waals surface area contributed by atoms with Crippen LogP contribution in [0.5, 0.6) is 5.75 Å². The fourth-order valence-electron chi connectivity index (χ4n) is 2.89. The Labute approximate surface area is 162 Å². The van der Waals surface area contributed by atoms with E-state index in [1.54, 1.807) is 35.2 Å². The molecule has 0 saturated carbocycles. The summed E-state index contributed by atoms with van der Waals surface area (Å²) >= 11 is 0. The van der Waals surface area contributed by atoms with Gasteiger partial charge < -0.3 is 14.6 Å². The summed E-state index contributed by atoms with van der Waals surface area (Å²) in [6.45, 7) is 5.22. The highest BCUT2D eigenvalue weighted by molar-refractivity contribution is 5.97. The minimum atomic E-state index is -0.362. The summed E-state index contributed by atoms with van der Waals surface area (Å²) in [6.07, 6.45) is 0. The Hall–Kier alpha value is -3.39. The average Bonchev–Trinajstić information content (AvgIpc) is 3.16. The van der Waals surface area contributed by atoms with Gasteiger partial charge in [-0.05, 0) is 56.3 Å². The monoisotopic (exact) mass is 381 g/mol. The van der Waals surface area contributed by atoms with Crippen LogP contribution in [-0.4, -0.2) is 46.4 Å². The second-order valence-corrected chi connectivity index (χ2v) is 6.17. The van der Waals surface area contributed by atoms with Gasteiger partial charge in [0, 0.05) is 24.2 Å². The number of hydrogen-bond acceptors (Lipinski definition) is 5. The first-order chi connectivity index (χ1) is 13.5. The predicted octanol–water partition coefficient (Wildman–Crippen LogP) is 2.08. The van der Waals surface area contributed by atoms with Crippen LogP contribution in [0, 0.1) is 0 Å². The first-order valence-electron chi connectivity index (χ1n) is 9.07. The molecule has 3 rings (SSSR count). The third kappa shape index (κ3) is 4.12. The number of aromatic amines is 1. The van der Waals surface area contributed by atoms with Crippen molar-refractivity contribution in [2.75, 3.05) is 19.7 Å². The molecule has 1 aromatic heterocycles. The minimum absolute atomic E-state index is 0.0116. The SMILES string of the molecule is CCN(CC)C(=O)COc1ccc(-c2nc3ccc(C(=O)NN)cc3[nH]2)cc1. The molecule has 0 atom stereocenters. The molecule has 0 aliphatic carbocycles. The highest BCUT2D eigenvalue weighted by Crippen LogP contribution is 2.23. The maximum Gasteiger partial charge on any atom is 0.265 e. The average molecular weight is 381 g/mol. The van der Waals surface area contributed by atoms with Crippen molar-refractivity contribution in [3.05, 3.63) is 48.0 Å². The Bertz CT molecular complexity index is 977. The van der Waals surface area contributed by atoms with Crippen molar-refractivity contribution >= 4 is 22.8 Å². The van der Waals surface area contributed by atoms with Crippen LogP contribution in [0.25, 0.3) is 22.4 Å². The zero-order valence-electron chi connectivity index (χ0n) is 15.9. The van der Waals surface area contributed by atoms with Crippen molar-refractivity contribution in [2.45, 2.75) is 13.8 Å². The number of aromatic nitrogens is 2. The Morgan fingerprint density at radius 1 is 1.14 bits per heavy atom. The number of nitrogens with one attached hydrogen (secondary N) is 2. The molecule has 0 fully saturated rings. The van der Waals surface area contributed by atoms with Gasteiger partial charge in [0.15, 0.2) is 6.61 Å². The number of fused-ring (bicyclic) bond motifs is 1. The van der Waals surface area contributed by atoms with Gasteiger partial charge in [-0.2, -0.15) is 0 Å². The number of carbonyl (C=O) groups excluding carboxylic acids is 2. The molecular weight excluding hydrogens is 358 g/mol. The van der Waals surface area contributed by atoms with Crippen LogP contribution in [0.2, 0.25) is 0 Å². The third-order valence-corrected chi connectivity index (χ3v) is 4.48. The lowest BCUT2D eigenvalue weighted by Crippen LogP contribution is -2.34. The molecule has 8 heteroatoms. The lowest BCUT2D eigenvalue weighted by Gasteiger charge is -2.18. The van der Waals surface area contributed by atoms with E-state index in [4.69, 9.17) is 10.6 Å². The topological polar surface area (TPSA) is 113 Å². The summed E-state index contributed by atoms with van der Waals surface area (Å²) in [5.41, 5.74) is 4.91. The quantitative estimate of drug-likeness (QED) is 0.329. The molecule has 1 heterocycles. The Morgan fingerprint density at radius 3 is 2.50 bits per heavy atom. The molecule has 3 aromatic rings. The maximum absolute atomic E-state index is 12.0. The van der Waals surface area contributed by atoms with Crippen LogP contribution in [0.4, 0.5) is 0 Å². The summed E-state index contributed by atoms with van der Waals surface area (Å²) in [6, 6.07) is 12.4. The van der Waals surface area contributed by atoms with Gasteiger partial charge >= 0.3 is 0 Å². The smallest absolute Gasteiger partial charge is 0.265 e. The van der Waals surface area contributed by atoms with E-state index in [0.29, 0.717) is 30.2 Å². The molecule has 28 heavy (non-hydrogen) atoms. The largest absolute Gasteiger partial charge is 0.484 e. The van der Waals surface area contributed by atoms with Crippen molar-refractivity contribution in [3.63, 3.8) is 0 Å². The molecule has 0 aliphatic rings. The molecule has 0 saturated heterocycles. The molecule has 2 aromatic carbocycles. The molecular formula is C20H23N5O3. The number of rotatable bonds is 7. The minimum Gasteiger partial charge on any atom is -0.484 e. The van der Waals surface area contributed by atoms with E-state index in [1.165, 1.54) is 0 Å². The van der Waals surface area contributed by atoms with Crippen LogP contribution >= 0.6 is 0 Å². The highest BCUT2D eigenvalue weighted by atomic mass is 16.5. The van der Waals surface area contributed by atoms with E-state index in [0.717, 1.165) is 16.6 Å². The number of carbonyl (C=O) groups is 2. The van der Waals surface area contributed by atoms with Crippen LogP contribution in [0.3, 0.4) is 0 Å². The molecule has 0 radical (unpaired) electrons. The van der Waals surface area contributed by atoms with Crippen LogP contribution in [0.15, 0.2) is 42.5 Å². The molecule has 0 spiro atoms. The lowest BCUT2D eigenvalue weighted by molar-refractivity contribution is -0.132. The van der Waals surface area contributed by atoms with Gasteiger partial charge in [0.25, 0.3) is 11.8 Å². The van der Waals surface area contributed by atoms with Crippen LogP contribution in [0.1, 0.15) is 24.2 Å². The molecule has 0 aliphatic heterocycles. The zero-order valence-corrected chi connectivity index (χ0v) is 15.9. The van der Waals surface area contributed by atoms with Gasteiger partial charge in [-0.25, -0.2) is 10.8 Å². The zero-order chi connectivity index (χ0) is 20.1. The standard InChI is InChI=1S/C20H23N5O3/c1-3-25(4-2)18(26)12-28-15-8-5-13(6-9-15)19-22-16-10-7-14(20(27)24-21)11-17(16)23-19/h5-11H,3-4,12,21H2,1-2H3,(H,22,23)(H,24,27). The number of H-pyrrole nitrogens is 1. The van der Waals surface area contributed by atoms with Gasteiger partial charge in [0.1, 0.15) is 11.6 Å². The van der Waals surface area contributed by atoms with E-state index >= 15 is 0 Å². The third-order valence-electron chi connectivity index (χ3n) is 4.48. The number of nitrogens with zero attached hydrogens (tertiary/aromatic N) is 2. The second kappa shape index (κ2) is 8.53. The van der Waals surface area contributed by atoms with E-state index < -0.39 is 0 Å². The Balaban J connectivity index is 1.72. The maximum atomic E-state index is 12.0. The van der Waals surface area contributed by atoms with Crippen LogP contribution in [-0.2, 0) is 4.79 Å². The Morgan fingerprint density at radius 2 is 1.86 bits per heavy atom. The number of nitrogens with two attached hydrogens (primary N) is 1. The first kappa shape index (κ1) is 19.4. The normalized spacial score (nSPS) is 10.7. The summed E-state index contributed by atoms with van der Waals surface area (Å²) in [7, 11) is 0. The van der Waals surface area contributed by atoms with Crippen molar-refractivity contribution in [1.82, 2.24) is 20.3 Å². The number of imidazole rings is 1. The molecule has 0 unspecified atom stereocenters. The fourth-order valence-corrected chi connectivity index (χ4v) is 2.89. The van der Waals surface area contributed by atoms with Gasteiger partial charge in [0.2, 0.25) is 0 Å². The summed E-state index contributed by atoms with van der Waals surface area (Å²) < 4.78 is 5.58. The number of hydrazine groups is 1. The number of hydrogen-bond donors (Lipinski definition) is 3. The van der Waals surface area contributed by atoms with E-state index in [1.807, 2.05) is 26.0 Å². The Kier molecular flexibility index (Phi) is 5.90. The first-order valence-corrected chi connectivity index (χ1v) is 9.07. The molecule has 4 N–H and O–H groups in total. The number of likely N-dealkylation sites (N-methyl/N-ethyl adjacent to an activating group) is 1. The predicted molar refractivity (Wildman–Crippen MR) is 107 cm³/mol. The summed E-state index contributed by atoms with van der Waals surface area (Å²) in [5.74, 6) is 6.06. The highest BCUT2D eigenvalue weighted by Gasteiger charge is 2.11. The number of amides is 2. The molecule has 146 valence electrons. The van der Waals surface area contributed by atoms with E-state index in [-0.39, 0.29) is 18.4 Å². The number of nitrogen functional groups attached to an aromatic ring is 1. The number of benzene rings is 2. The van der Waals surface area contributed by atoms with Crippen molar-refractivity contribution in [1.29, 1.82) is 0 Å². The van der Waals surface area contributed by atoms with Crippen molar-refractivity contribution in [2.24, 2.45) is 5.84 Å². The van der Waals surface area contributed by atoms with Crippen LogP contribution < -0.4 is 16.0 Å². The van der Waals surface area contributed by atoms with Gasteiger partial charge in [-0.3, -0.25) is 15.0 Å². The second-order valence-electron chi connectivity index (χ2n) is 6.17. The lowest BCUT2D eigenvalue weighted by atomic mass is 10.2. The number of ether oxygens (including phenoxy) is 1.